The van der Waals surface area contributed by atoms with Gasteiger partial charge in [-0.05, 0) is 38.0 Å². The number of hydrogen-bond acceptors (Lipinski definition) is 5. The van der Waals surface area contributed by atoms with Gasteiger partial charge in [0.05, 0.1) is 17.9 Å². The first kappa shape index (κ1) is 17.0. The summed E-state index contributed by atoms with van der Waals surface area (Å²) in [5.74, 6) is 1.07. The summed E-state index contributed by atoms with van der Waals surface area (Å²) in [6, 6.07) is 2.61. The molecule has 0 radical (unpaired) electrons. The van der Waals surface area contributed by atoms with Crippen LogP contribution in [0.4, 0.5) is 0 Å². The van der Waals surface area contributed by atoms with Gasteiger partial charge in [-0.1, -0.05) is 0 Å². The normalized spacial score (nSPS) is 20.7. The van der Waals surface area contributed by atoms with Gasteiger partial charge in [0.2, 0.25) is 5.91 Å². The molecule has 0 spiro atoms. The first-order valence-electron chi connectivity index (χ1n) is 8.35. The molecule has 2 heterocycles. The topological polar surface area (TPSA) is 72.7 Å². The van der Waals surface area contributed by atoms with E-state index in [1.54, 1.807) is 24.3 Å². The Bertz CT molecular complexity index is 652. The molecule has 128 valence electrons. The summed E-state index contributed by atoms with van der Waals surface area (Å²) < 4.78 is 2.04. The van der Waals surface area contributed by atoms with Crippen molar-refractivity contribution in [3.05, 3.63) is 31.0 Å². The van der Waals surface area contributed by atoms with Crippen LogP contribution < -0.4 is 5.32 Å². The van der Waals surface area contributed by atoms with E-state index in [-0.39, 0.29) is 5.91 Å². The first-order valence-corrected chi connectivity index (χ1v) is 9.74. The minimum absolute atomic E-state index is 0.179. The lowest BCUT2D eigenvalue weighted by Gasteiger charge is -2.29. The Balaban J connectivity index is 1.52. The van der Waals surface area contributed by atoms with Gasteiger partial charge in [0.25, 0.3) is 0 Å². The highest BCUT2D eigenvalue weighted by molar-refractivity contribution is 7.98. The van der Waals surface area contributed by atoms with Crippen molar-refractivity contribution in [3.8, 4) is 11.3 Å². The lowest BCUT2D eigenvalue weighted by Crippen LogP contribution is -2.38. The van der Waals surface area contributed by atoms with Crippen LogP contribution in [0.1, 0.15) is 38.1 Å². The van der Waals surface area contributed by atoms with E-state index in [1.807, 2.05) is 23.2 Å². The monoisotopic (exact) mass is 345 g/mol. The molecule has 0 aromatic carbocycles. The highest BCUT2D eigenvalue weighted by atomic mass is 32.2. The van der Waals surface area contributed by atoms with Crippen LogP contribution in [0.2, 0.25) is 0 Å². The molecular weight excluding hydrogens is 322 g/mol. The molecule has 0 atom stereocenters. The summed E-state index contributed by atoms with van der Waals surface area (Å²) in [5, 5.41) is 7.67. The lowest BCUT2D eigenvalue weighted by molar-refractivity contribution is -0.121. The third-order valence-electron chi connectivity index (χ3n) is 4.45. The highest BCUT2D eigenvalue weighted by Crippen LogP contribution is 2.29. The quantitative estimate of drug-likeness (QED) is 0.871. The summed E-state index contributed by atoms with van der Waals surface area (Å²) in [6.07, 6.45) is 14.0. The Morgan fingerprint density at radius 3 is 2.92 bits per heavy atom. The third kappa shape index (κ3) is 4.35. The number of hydrogen-bond donors (Lipinski definition) is 1. The molecule has 6 nitrogen and oxygen atoms in total. The third-order valence-corrected chi connectivity index (χ3v) is 5.06. The average Bonchev–Trinajstić information content (AvgIpc) is 3.11. The maximum absolute atomic E-state index is 11.8. The van der Waals surface area contributed by atoms with E-state index in [4.69, 9.17) is 0 Å². The van der Waals surface area contributed by atoms with E-state index in [2.05, 4.69) is 26.6 Å². The summed E-state index contributed by atoms with van der Waals surface area (Å²) in [4.78, 5) is 20.0. The molecule has 3 rings (SSSR count). The minimum Gasteiger partial charge on any atom is -0.353 e. The number of amides is 1. The van der Waals surface area contributed by atoms with E-state index >= 15 is 0 Å². The largest absolute Gasteiger partial charge is 0.353 e. The van der Waals surface area contributed by atoms with Crippen LogP contribution in [0.25, 0.3) is 11.3 Å². The van der Waals surface area contributed by atoms with E-state index < -0.39 is 0 Å². The minimum atomic E-state index is 0.179. The number of thioether (sulfide) groups is 1. The molecule has 1 N–H and O–H groups in total. The van der Waals surface area contributed by atoms with Crippen molar-refractivity contribution in [2.45, 2.75) is 44.2 Å². The van der Waals surface area contributed by atoms with E-state index in [0.717, 1.165) is 42.7 Å². The van der Waals surface area contributed by atoms with Crippen LogP contribution in [0.3, 0.4) is 0 Å². The Morgan fingerprint density at radius 1 is 1.38 bits per heavy atom. The molecule has 24 heavy (non-hydrogen) atoms. The smallest absolute Gasteiger partial charge is 0.221 e. The molecule has 1 fully saturated rings. The van der Waals surface area contributed by atoms with Crippen LogP contribution in [0.15, 0.2) is 31.0 Å². The van der Waals surface area contributed by atoms with Crippen molar-refractivity contribution >= 4 is 17.7 Å². The van der Waals surface area contributed by atoms with Crippen molar-refractivity contribution < 1.29 is 4.79 Å². The molecule has 1 aliphatic rings. The number of nitrogens with zero attached hydrogens (tertiary/aromatic N) is 4. The van der Waals surface area contributed by atoms with Gasteiger partial charge >= 0.3 is 0 Å². The molecule has 0 saturated heterocycles. The fraction of sp³-hybridized carbons (Fsp3) is 0.529. The number of aromatic nitrogens is 4. The van der Waals surface area contributed by atoms with Crippen LogP contribution in [0, 0.1) is 0 Å². The second-order valence-electron chi connectivity index (χ2n) is 6.12. The zero-order chi connectivity index (χ0) is 16.8. The maximum Gasteiger partial charge on any atom is 0.221 e. The Morgan fingerprint density at radius 2 is 2.21 bits per heavy atom. The summed E-state index contributed by atoms with van der Waals surface area (Å²) in [5.41, 5.74) is 1.91. The summed E-state index contributed by atoms with van der Waals surface area (Å²) in [7, 11) is 0. The highest BCUT2D eigenvalue weighted by Gasteiger charge is 2.24. The van der Waals surface area contributed by atoms with Gasteiger partial charge in [-0.3, -0.25) is 9.48 Å². The predicted octanol–water partition coefficient (Wildman–Crippen LogP) is 2.69. The molecule has 1 saturated carbocycles. The number of carbonyl (C=O) groups is 1. The van der Waals surface area contributed by atoms with Crippen molar-refractivity contribution in [2.75, 3.05) is 12.0 Å². The molecule has 2 aromatic heterocycles. The van der Waals surface area contributed by atoms with Crippen molar-refractivity contribution in [3.63, 3.8) is 0 Å². The molecule has 1 aliphatic carbocycles. The fourth-order valence-electron chi connectivity index (χ4n) is 3.11. The van der Waals surface area contributed by atoms with E-state index in [9.17, 15) is 4.79 Å². The lowest BCUT2D eigenvalue weighted by atomic mass is 9.91. The number of rotatable bonds is 6. The molecule has 0 unspecified atom stereocenters. The van der Waals surface area contributed by atoms with Crippen LogP contribution in [0.5, 0.6) is 0 Å². The van der Waals surface area contributed by atoms with Crippen molar-refractivity contribution in [1.82, 2.24) is 25.1 Å². The molecule has 1 amide bonds. The zero-order valence-corrected chi connectivity index (χ0v) is 14.7. The Hall–Kier alpha value is -1.89. The van der Waals surface area contributed by atoms with Gasteiger partial charge in [0.1, 0.15) is 6.33 Å². The van der Waals surface area contributed by atoms with E-state index in [1.165, 1.54) is 0 Å². The molecule has 0 bridgehead atoms. The van der Waals surface area contributed by atoms with Crippen LogP contribution in [-0.4, -0.2) is 43.7 Å². The van der Waals surface area contributed by atoms with E-state index in [0.29, 0.717) is 18.5 Å². The van der Waals surface area contributed by atoms with Crippen molar-refractivity contribution in [1.29, 1.82) is 0 Å². The van der Waals surface area contributed by atoms with Gasteiger partial charge in [-0.2, -0.15) is 16.9 Å². The second kappa shape index (κ2) is 8.28. The van der Waals surface area contributed by atoms with Crippen LogP contribution in [-0.2, 0) is 4.79 Å². The molecule has 7 heteroatoms. The maximum atomic E-state index is 11.8. The second-order valence-corrected chi connectivity index (χ2v) is 7.11. The molecule has 2 aromatic rings. The van der Waals surface area contributed by atoms with Gasteiger partial charge in [-0.25, -0.2) is 9.97 Å². The van der Waals surface area contributed by atoms with Gasteiger partial charge < -0.3 is 5.32 Å². The summed E-state index contributed by atoms with van der Waals surface area (Å²) >= 11 is 1.71. The first-order chi connectivity index (χ1) is 11.8. The average molecular weight is 345 g/mol. The molecular formula is C17H23N5OS. The number of carbonyl (C=O) groups excluding carboxylic acids is 1. The van der Waals surface area contributed by atoms with Gasteiger partial charge in [0.15, 0.2) is 0 Å². The predicted molar refractivity (Wildman–Crippen MR) is 95.7 cm³/mol. The Kier molecular flexibility index (Phi) is 5.85. The molecule has 0 aliphatic heterocycles. The standard InChI is InChI=1S/C17H23N5OS/c1-24-9-7-17(23)21-14-2-4-15(5-3-14)22-11-13(10-20-22)16-6-8-18-12-19-16/h6,8,10-12,14-15H,2-5,7,9H2,1H3,(H,21,23). The SMILES string of the molecule is CSCCC(=O)NC1CCC(n2cc(-c3ccncn3)cn2)CC1. The van der Waals surface area contributed by atoms with Gasteiger partial charge in [-0.15, -0.1) is 0 Å². The Labute approximate surface area is 146 Å². The van der Waals surface area contributed by atoms with Crippen molar-refractivity contribution in [2.24, 2.45) is 0 Å². The van der Waals surface area contributed by atoms with Crippen LogP contribution >= 0.6 is 11.8 Å². The zero-order valence-electron chi connectivity index (χ0n) is 13.9. The fourth-order valence-corrected chi connectivity index (χ4v) is 3.50. The number of nitrogens with one attached hydrogen (secondary N) is 1. The summed E-state index contributed by atoms with van der Waals surface area (Å²) in [6.45, 7) is 0. The van der Waals surface area contributed by atoms with Gasteiger partial charge in [0, 0.05) is 36.2 Å².